The Morgan fingerprint density at radius 3 is 2.49 bits per heavy atom. The van der Waals surface area contributed by atoms with Crippen LogP contribution in [-0.4, -0.2) is 60.3 Å². The third kappa shape index (κ3) is 5.59. The first-order valence-corrected chi connectivity index (χ1v) is 13.5. The van der Waals surface area contributed by atoms with Crippen LogP contribution in [0.1, 0.15) is 62.8 Å². The lowest BCUT2D eigenvalue weighted by atomic mass is 9.93. The number of fused-ring (bicyclic) bond motifs is 2. The number of aliphatic carboxylic acids is 1. The number of aryl methyl sites for hydroxylation is 1. The maximum atomic E-state index is 14.1. The average molecular weight is 537 g/mol. The Kier molecular flexibility index (Phi) is 7.29. The summed E-state index contributed by atoms with van der Waals surface area (Å²) < 4.78 is 18.1. The fraction of sp³-hybridized carbons (Fsp3) is 0.500. The van der Waals surface area contributed by atoms with Crippen molar-refractivity contribution < 1.29 is 33.7 Å². The van der Waals surface area contributed by atoms with Crippen LogP contribution < -0.4 is 14.4 Å². The summed E-state index contributed by atoms with van der Waals surface area (Å²) in [5.74, 6) is -0.576. The number of nitrogens with zero attached hydrogens (tertiary/aromatic N) is 2. The van der Waals surface area contributed by atoms with Gasteiger partial charge in [-0.2, -0.15) is 0 Å². The number of rotatable bonds is 5. The lowest BCUT2D eigenvalue weighted by Gasteiger charge is -2.33. The number of para-hydroxylation sites is 1. The van der Waals surface area contributed by atoms with Crippen molar-refractivity contribution in [2.75, 3.05) is 31.3 Å². The molecule has 9 nitrogen and oxygen atoms in total. The van der Waals surface area contributed by atoms with Crippen LogP contribution in [0, 0.1) is 18.3 Å². The number of carboxylic acids is 1. The molecule has 9 heteroatoms. The predicted octanol–water partition coefficient (Wildman–Crippen LogP) is 4.30. The van der Waals surface area contributed by atoms with E-state index in [-0.39, 0.29) is 30.4 Å². The van der Waals surface area contributed by atoms with E-state index in [0.29, 0.717) is 44.0 Å². The number of carbonyl (C=O) groups is 3. The molecule has 3 heterocycles. The Morgan fingerprint density at radius 2 is 1.79 bits per heavy atom. The second kappa shape index (κ2) is 10.5. The minimum Gasteiger partial charge on any atom is -0.481 e. The van der Waals surface area contributed by atoms with Gasteiger partial charge in [0.25, 0.3) is 5.91 Å². The monoisotopic (exact) mass is 536 g/mol. The maximum absolute atomic E-state index is 14.1. The van der Waals surface area contributed by atoms with Crippen LogP contribution in [0.25, 0.3) is 0 Å². The minimum atomic E-state index is -1.03. The van der Waals surface area contributed by atoms with Gasteiger partial charge in [0.2, 0.25) is 12.7 Å². The minimum absolute atomic E-state index is 0.100. The summed E-state index contributed by atoms with van der Waals surface area (Å²) in [6, 6.07) is 11.6. The van der Waals surface area contributed by atoms with Gasteiger partial charge in [-0.25, -0.2) is 0 Å². The van der Waals surface area contributed by atoms with E-state index in [1.54, 1.807) is 9.80 Å². The van der Waals surface area contributed by atoms with Gasteiger partial charge in [-0.15, -0.1) is 0 Å². The molecule has 0 radical (unpaired) electrons. The number of hydrogen-bond acceptors (Lipinski definition) is 6. The van der Waals surface area contributed by atoms with Crippen LogP contribution in [0.15, 0.2) is 36.4 Å². The van der Waals surface area contributed by atoms with Crippen molar-refractivity contribution in [1.29, 1.82) is 0 Å². The van der Waals surface area contributed by atoms with Crippen molar-refractivity contribution in [3.8, 4) is 11.5 Å². The summed E-state index contributed by atoms with van der Waals surface area (Å²) in [6.07, 6.45) is -1.03. The van der Waals surface area contributed by atoms with E-state index in [0.717, 1.165) is 22.4 Å². The first-order chi connectivity index (χ1) is 18.5. The summed E-state index contributed by atoms with van der Waals surface area (Å²) in [7, 11) is 0. The highest BCUT2D eigenvalue weighted by molar-refractivity contribution is 6.00. The number of benzene rings is 2. The summed E-state index contributed by atoms with van der Waals surface area (Å²) in [6.45, 7) is 9.45. The van der Waals surface area contributed by atoms with Crippen LogP contribution in [0.3, 0.4) is 0 Å². The van der Waals surface area contributed by atoms with Gasteiger partial charge in [0.15, 0.2) is 11.5 Å². The van der Waals surface area contributed by atoms with Crippen LogP contribution in [0.5, 0.6) is 11.5 Å². The number of amides is 2. The molecule has 3 aliphatic rings. The van der Waals surface area contributed by atoms with E-state index in [4.69, 9.17) is 14.2 Å². The standard InChI is InChI=1S/C30H36N2O7/c1-18-8-9-22-21(14-18)26(20-6-5-7-23-27(20)38-17-37-23)39-24(28(34)32(22)16-30(2,3)4)15-25(33)31-12-10-19(11-13-31)29(35)36/h5-9,14,19,24,26H,10-13,15-17H2,1-4H3,(H,35,36)/t24-,26-/m0/s1. The zero-order chi connectivity index (χ0) is 27.9. The summed E-state index contributed by atoms with van der Waals surface area (Å²) >= 11 is 0. The molecule has 2 aromatic rings. The number of hydrogen-bond donors (Lipinski definition) is 1. The number of anilines is 1. The number of piperidine rings is 1. The Hall–Kier alpha value is -3.59. The highest BCUT2D eigenvalue weighted by Gasteiger charge is 2.41. The summed E-state index contributed by atoms with van der Waals surface area (Å²) in [5, 5.41) is 9.33. The molecule has 1 N–H and O–H groups in total. The Balaban J connectivity index is 1.53. The highest BCUT2D eigenvalue weighted by Crippen LogP contribution is 2.46. The topological polar surface area (TPSA) is 106 Å². The van der Waals surface area contributed by atoms with E-state index in [1.165, 1.54) is 0 Å². The van der Waals surface area contributed by atoms with Crippen molar-refractivity contribution in [2.24, 2.45) is 11.3 Å². The summed E-state index contributed by atoms with van der Waals surface area (Å²) in [5.41, 5.74) is 3.12. The zero-order valence-electron chi connectivity index (χ0n) is 22.9. The smallest absolute Gasteiger partial charge is 0.306 e. The molecule has 2 atom stereocenters. The van der Waals surface area contributed by atoms with Gasteiger partial charge in [-0.3, -0.25) is 14.4 Å². The number of carboxylic acid groups (broad SMARTS) is 1. The van der Waals surface area contributed by atoms with E-state index < -0.39 is 24.1 Å². The molecule has 5 rings (SSSR count). The van der Waals surface area contributed by atoms with Crippen LogP contribution in [-0.2, 0) is 19.1 Å². The SMILES string of the molecule is Cc1ccc2c(c1)[C@H](c1cccc3c1OCO3)O[C@@H](CC(=O)N1CCC(C(=O)O)CC1)C(=O)N2CC(C)(C)C. The van der Waals surface area contributed by atoms with Gasteiger partial charge in [0, 0.05) is 36.4 Å². The first kappa shape index (κ1) is 27.0. The quantitative estimate of drug-likeness (QED) is 0.607. The van der Waals surface area contributed by atoms with Crippen molar-refractivity contribution in [1.82, 2.24) is 4.90 Å². The lowest BCUT2D eigenvalue weighted by Crippen LogP contribution is -2.47. The molecule has 0 unspecified atom stereocenters. The molecule has 208 valence electrons. The van der Waals surface area contributed by atoms with Gasteiger partial charge in [-0.05, 0) is 37.3 Å². The fourth-order valence-corrected chi connectivity index (χ4v) is 5.55. The molecule has 0 aromatic heterocycles. The van der Waals surface area contributed by atoms with Crippen LogP contribution in [0.2, 0.25) is 0 Å². The molecule has 3 aliphatic heterocycles. The Bertz CT molecular complexity index is 1280. The molecule has 2 aromatic carbocycles. The van der Waals surface area contributed by atoms with E-state index in [9.17, 15) is 19.5 Å². The van der Waals surface area contributed by atoms with Gasteiger partial charge in [0.1, 0.15) is 12.2 Å². The molecule has 2 amide bonds. The van der Waals surface area contributed by atoms with Crippen LogP contribution >= 0.6 is 0 Å². The van der Waals surface area contributed by atoms with Crippen molar-refractivity contribution >= 4 is 23.5 Å². The third-order valence-corrected chi connectivity index (χ3v) is 7.50. The maximum Gasteiger partial charge on any atom is 0.306 e. The van der Waals surface area contributed by atoms with Gasteiger partial charge >= 0.3 is 5.97 Å². The number of likely N-dealkylation sites (tertiary alicyclic amines) is 1. The first-order valence-electron chi connectivity index (χ1n) is 13.5. The van der Waals surface area contributed by atoms with Gasteiger partial charge in [0.05, 0.1) is 12.3 Å². The zero-order valence-corrected chi connectivity index (χ0v) is 22.9. The molecule has 0 bridgehead atoms. The molecule has 0 aliphatic carbocycles. The molecule has 0 spiro atoms. The van der Waals surface area contributed by atoms with Gasteiger partial charge in [-0.1, -0.05) is 50.6 Å². The lowest BCUT2D eigenvalue weighted by molar-refractivity contribution is -0.148. The third-order valence-electron chi connectivity index (χ3n) is 7.50. The normalized spacial score (nSPS) is 21.5. The van der Waals surface area contributed by atoms with E-state index in [1.807, 2.05) is 43.3 Å². The summed E-state index contributed by atoms with van der Waals surface area (Å²) in [4.78, 5) is 42.3. The number of ether oxygens (including phenoxy) is 3. The largest absolute Gasteiger partial charge is 0.481 e. The molecular formula is C30H36N2O7. The van der Waals surface area contributed by atoms with Crippen molar-refractivity contribution in [2.45, 2.75) is 59.2 Å². The molecule has 0 saturated carbocycles. The van der Waals surface area contributed by atoms with E-state index in [2.05, 4.69) is 20.8 Å². The fourth-order valence-electron chi connectivity index (χ4n) is 5.55. The Morgan fingerprint density at radius 1 is 1.05 bits per heavy atom. The second-order valence-electron chi connectivity index (χ2n) is 11.8. The number of carbonyl (C=O) groups excluding carboxylic acids is 2. The molecular weight excluding hydrogens is 500 g/mol. The average Bonchev–Trinajstić information content (AvgIpc) is 3.35. The van der Waals surface area contributed by atoms with Crippen LogP contribution in [0.4, 0.5) is 5.69 Å². The van der Waals surface area contributed by atoms with Crippen molar-refractivity contribution in [3.63, 3.8) is 0 Å². The predicted molar refractivity (Wildman–Crippen MR) is 144 cm³/mol. The molecule has 1 saturated heterocycles. The van der Waals surface area contributed by atoms with Crippen molar-refractivity contribution in [3.05, 3.63) is 53.1 Å². The van der Waals surface area contributed by atoms with Gasteiger partial charge < -0.3 is 29.1 Å². The Labute approximate surface area is 228 Å². The highest BCUT2D eigenvalue weighted by atomic mass is 16.7. The molecule has 1 fully saturated rings. The molecule has 39 heavy (non-hydrogen) atoms. The second-order valence-corrected chi connectivity index (χ2v) is 11.8. The van der Waals surface area contributed by atoms with E-state index >= 15 is 0 Å².